The van der Waals surface area contributed by atoms with Crippen molar-refractivity contribution in [3.05, 3.63) is 64.9 Å². The molecule has 0 unspecified atom stereocenters. The molecule has 26 heavy (non-hydrogen) atoms. The number of halogens is 2. The van der Waals surface area contributed by atoms with Crippen LogP contribution in [0.25, 0.3) is 0 Å². The predicted octanol–water partition coefficient (Wildman–Crippen LogP) is 3.23. The summed E-state index contributed by atoms with van der Waals surface area (Å²) in [5, 5.41) is 6.10. The van der Waals surface area contributed by atoms with Crippen molar-refractivity contribution >= 4 is 29.1 Å². The molecule has 2 aromatic carbocycles. The smallest absolute Gasteiger partial charge is 0.238 e. The van der Waals surface area contributed by atoms with Crippen molar-refractivity contribution in [3.63, 3.8) is 0 Å². The fraction of sp³-hybridized carbons (Fsp3) is 0.263. The van der Waals surface area contributed by atoms with E-state index in [1.165, 1.54) is 18.2 Å². The zero-order valence-electron chi connectivity index (χ0n) is 14.6. The van der Waals surface area contributed by atoms with Gasteiger partial charge < -0.3 is 10.6 Å². The second kappa shape index (κ2) is 9.31. The third-order valence-electron chi connectivity index (χ3n) is 3.68. The average molecular weight is 378 g/mol. The van der Waals surface area contributed by atoms with Crippen LogP contribution in [0.5, 0.6) is 0 Å². The number of likely N-dealkylation sites (N-methyl/N-ethyl adjacent to an activating group) is 1. The van der Waals surface area contributed by atoms with Crippen LogP contribution in [0.3, 0.4) is 0 Å². The lowest BCUT2D eigenvalue weighted by atomic mass is 10.1. The Labute approximate surface area is 157 Å². The maximum absolute atomic E-state index is 13.1. The molecule has 2 amide bonds. The number of rotatable bonds is 7. The van der Waals surface area contributed by atoms with E-state index in [1.54, 1.807) is 30.1 Å². The van der Waals surface area contributed by atoms with Crippen molar-refractivity contribution in [3.8, 4) is 0 Å². The van der Waals surface area contributed by atoms with Gasteiger partial charge in [0.25, 0.3) is 0 Å². The van der Waals surface area contributed by atoms with Gasteiger partial charge in [-0.1, -0.05) is 29.8 Å². The molecule has 0 spiro atoms. The van der Waals surface area contributed by atoms with Crippen LogP contribution in [0, 0.1) is 5.82 Å². The van der Waals surface area contributed by atoms with Gasteiger partial charge in [0.2, 0.25) is 11.8 Å². The molecular formula is C19H21ClFN3O2. The van der Waals surface area contributed by atoms with Crippen LogP contribution in [-0.2, 0) is 9.59 Å². The van der Waals surface area contributed by atoms with Crippen LogP contribution in [0.2, 0.25) is 5.02 Å². The Morgan fingerprint density at radius 2 is 1.77 bits per heavy atom. The Kier molecular flexibility index (Phi) is 7.12. The highest BCUT2D eigenvalue weighted by atomic mass is 35.5. The van der Waals surface area contributed by atoms with Crippen LogP contribution in [0.4, 0.5) is 10.1 Å². The first-order valence-corrected chi connectivity index (χ1v) is 8.50. The number of carbonyl (C=O) groups is 2. The van der Waals surface area contributed by atoms with E-state index >= 15 is 0 Å². The average Bonchev–Trinajstić information content (AvgIpc) is 2.54. The zero-order chi connectivity index (χ0) is 19.1. The lowest BCUT2D eigenvalue weighted by molar-refractivity contribution is -0.123. The molecule has 138 valence electrons. The van der Waals surface area contributed by atoms with Crippen LogP contribution in [-0.4, -0.2) is 36.9 Å². The van der Waals surface area contributed by atoms with Gasteiger partial charge in [-0.2, -0.15) is 0 Å². The first-order chi connectivity index (χ1) is 12.3. The first-order valence-electron chi connectivity index (χ1n) is 8.12. The molecule has 0 bridgehead atoms. The van der Waals surface area contributed by atoms with Crippen molar-refractivity contribution < 1.29 is 14.0 Å². The zero-order valence-corrected chi connectivity index (χ0v) is 15.4. The summed E-state index contributed by atoms with van der Waals surface area (Å²) in [5.41, 5.74) is 1.32. The van der Waals surface area contributed by atoms with E-state index in [0.29, 0.717) is 10.7 Å². The molecule has 1 atom stereocenters. The minimum atomic E-state index is -0.424. The number of hydrogen-bond acceptors (Lipinski definition) is 3. The minimum absolute atomic E-state index is 0.0132. The summed E-state index contributed by atoms with van der Waals surface area (Å²) in [6.07, 6.45) is 0. The monoisotopic (exact) mass is 377 g/mol. The largest absolute Gasteiger partial charge is 0.348 e. The molecule has 2 rings (SSSR count). The van der Waals surface area contributed by atoms with Crippen LogP contribution in [0.1, 0.15) is 18.5 Å². The summed E-state index contributed by atoms with van der Waals surface area (Å²) >= 11 is 5.85. The summed E-state index contributed by atoms with van der Waals surface area (Å²) in [4.78, 5) is 25.7. The van der Waals surface area contributed by atoms with E-state index in [-0.39, 0.29) is 30.9 Å². The fourth-order valence-corrected chi connectivity index (χ4v) is 2.56. The van der Waals surface area contributed by atoms with Crippen molar-refractivity contribution in [1.29, 1.82) is 0 Å². The second-order valence-corrected chi connectivity index (χ2v) is 6.51. The minimum Gasteiger partial charge on any atom is -0.348 e. The maximum Gasteiger partial charge on any atom is 0.238 e. The third kappa shape index (κ3) is 6.46. The summed E-state index contributed by atoms with van der Waals surface area (Å²) in [6, 6.07) is 12.7. The second-order valence-electron chi connectivity index (χ2n) is 6.07. The quantitative estimate of drug-likeness (QED) is 0.778. The normalized spacial score (nSPS) is 11.9. The lowest BCUT2D eigenvalue weighted by Crippen LogP contribution is -2.39. The van der Waals surface area contributed by atoms with Gasteiger partial charge in [0, 0.05) is 10.7 Å². The highest BCUT2D eigenvalue weighted by Crippen LogP contribution is 2.16. The van der Waals surface area contributed by atoms with Gasteiger partial charge in [-0.15, -0.1) is 0 Å². The van der Waals surface area contributed by atoms with Gasteiger partial charge in [0.05, 0.1) is 19.1 Å². The summed E-state index contributed by atoms with van der Waals surface area (Å²) in [7, 11) is 1.66. The number of carbonyl (C=O) groups excluding carboxylic acids is 2. The Balaban J connectivity index is 1.79. The Morgan fingerprint density at radius 3 is 2.42 bits per heavy atom. The van der Waals surface area contributed by atoms with Crippen LogP contribution < -0.4 is 10.6 Å². The van der Waals surface area contributed by atoms with Gasteiger partial charge in [-0.3, -0.25) is 14.5 Å². The molecule has 0 heterocycles. The van der Waals surface area contributed by atoms with Gasteiger partial charge in [-0.05, 0) is 49.9 Å². The topological polar surface area (TPSA) is 61.4 Å². The fourth-order valence-electron chi connectivity index (χ4n) is 2.43. The first kappa shape index (κ1) is 19.9. The van der Waals surface area contributed by atoms with E-state index < -0.39 is 5.82 Å². The van der Waals surface area contributed by atoms with Crippen molar-refractivity contribution in [1.82, 2.24) is 10.2 Å². The SMILES string of the molecule is C[C@@H](NC(=O)CN(C)CC(=O)Nc1cccc(F)c1)c1ccc(Cl)cc1. The van der Waals surface area contributed by atoms with Gasteiger partial charge in [-0.25, -0.2) is 4.39 Å². The molecule has 0 aliphatic carbocycles. The highest BCUT2D eigenvalue weighted by molar-refractivity contribution is 6.30. The molecule has 0 aliphatic rings. The molecule has 0 radical (unpaired) electrons. The molecule has 0 saturated carbocycles. The molecule has 5 nitrogen and oxygen atoms in total. The van der Waals surface area contributed by atoms with Crippen molar-refractivity contribution in [2.45, 2.75) is 13.0 Å². The van der Waals surface area contributed by atoms with Crippen LogP contribution in [0.15, 0.2) is 48.5 Å². The van der Waals surface area contributed by atoms with Crippen molar-refractivity contribution in [2.24, 2.45) is 0 Å². The van der Waals surface area contributed by atoms with Gasteiger partial charge >= 0.3 is 0 Å². The number of nitrogens with one attached hydrogen (secondary N) is 2. The molecule has 0 aromatic heterocycles. The molecular weight excluding hydrogens is 357 g/mol. The summed E-state index contributed by atoms with van der Waals surface area (Å²) < 4.78 is 13.1. The maximum atomic E-state index is 13.1. The number of benzene rings is 2. The molecule has 0 saturated heterocycles. The number of nitrogens with zero attached hydrogens (tertiary/aromatic N) is 1. The van der Waals surface area contributed by atoms with Crippen LogP contribution >= 0.6 is 11.6 Å². The van der Waals surface area contributed by atoms with E-state index in [1.807, 2.05) is 19.1 Å². The molecule has 0 fully saturated rings. The molecule has 2 aromatic rings. The van der Waals surface area contributed by atoms with Crippen molar-refractivity contribution in [2.75, 3.05) is 25.5 Å². The highest BCUT2D eigenvalue weighted by Gasteiger charge is 2.14. The number of amides is 2. The summed E-state index contributed by atoms with van der Waals surface area (Å²) in [5.74, 6) is -0.947. The lowest BCUT2D eigenvalue weighted by Gasteiger charge is -2.19. The molecule has 7 heteroatoms. The molecule has 2 N–H and O–H groups in total. The number of anilines is 1. The Bertz CT molecular complexity index is 768. The van der Waals surface area contributed by atoms with E-state index in [4.69, 9.17) is 11.6 Å². The van der Waals surface area contributed by atoms with E-state index in [9.17, 15) is 14.0 Å². The van der Waals surface area contributed by atoms with Gasteiger partial charge in [0.15, 0.2) is 0 Å². The predicted molar refractivity (Wildman–Crippen MR) is 101 cm³/mol. The number of hydrogen-bond donors (Lipinski definition) is 2. The summed E-state index contributed by atoms with van der Waals surface area (Å²) in [6.45, 7) is 1.95. The van der Waals surface area contributed by atoms with Gasteiger partial charge in [0.1, 0.15) is 5.82 Å². The molecule has 0 aliphatic heterocycles. The standard InChI is InChI=1S/C19H21ClFN3O2/c1-13(14-6-8-15(20)9-7-14)22-18(25)11-24(2)12-19(26)23-17-5-3-4-16(21)10-17/h3-10,13H,11-12H2,1-2H3,(H,22,25)(H,23,26)/t13-/m1/s1. The van der Waals surface area contributed by atoms with E-state index in [0.717, 1.165) is 5.56 Å². The Morgan fingerprint density at radius 1 is 1.12 bits per heavy atom. The van der Waals surface area contributed by atoms with E-state index in [2.05, 4.69) is 10.6 Å². The third-order valence-corrected chi connectivity index (χ3v) is 3.93. The Hall–Kier alpha value is -2.44.